The molecule has 0 aliphatic carbocycles. The number of nitrogens with one attached hydrogen (secondary N) is 2. The first kappa shape index (κ1) is 14.6. The van der Waals surface area contributed by atoms with Gasteiger partial charge in [-0.1, -0.05) is 22.9 Å². The number of halogens is 1. The highest BCUT2D eigenvalue weighted by molar-refractivity contribution is 7.16. The number of aromatic amines is 1. The van der Waals surface area contributed by atoms with Crippen LogP contribution in [0.2, 0.25) is 5.02 Å². The number of hydrogen-bond acceptors (Lipinski definition) is 4. The second kappa shape index (κ2) is 5.82. The summed E-state index contributed by atoms with van der Waals surface area (Å²) in [6, 6.07) is 10.0. The number of H-pyrrole nitrogens is 1. The lowest BCUT2D eigenvalue weighted by atomic mass is 10.2. The van der Waals surface area contributed by atoms with Gasteiger partial charge in [-0.05, 0) is 36.4 Å². The van der Waals surface area contributed by atoms with Crippen molar-refractivity contribution in [2.24, 2.45) is 0 Å². The molecule has 2 aromatic carbocycles. The van der Waals surface area contributed by atoms with Crippen LogP contribution >= 0.6 is 22.9 Å². The molecule has 2 N–H and O–H groups in total. The normalized spacial score (nSPS) is 10.6. The van der Waals surface area contributed by atoms with Crippen molar-refractivity contribution in [2.45, 2.75) is 0 Å². The summed E-state index contributed by atoms with van der Waals surface area (Å²) >= 11 is 6.98. The van der Waals surface area contributed by atoms with E-state index in [2.05, 4.69) is 10.3 Å². The van der Waals surface area contributed by atoms with E-state index in [0.717, 1.165) is 21.6 Å². The Morgan fingerprint density at radius 2 is 2.09 bits per heavy atom. The standard InChI is InChI=1S/C15H11ClN2O3S/c1-21-12-6-8(16)2-4-10(12)14(19)17-9-3-5-11-13(7-9)22-15(20)18-11/h2-7H,1H3,(H,17,19)(H,18,20). The van der Waals surface area contributed by atoms with Gasteiger partial charge in [0.15, 0.2) is 0 Å². The number of rotatable bonds is 3. The zero-order valence-corrected chi connectivity index (χ0v) is 13.0. The number of carbonyl (C=O) groups is 1. The molecule has 0 aliphatic rings. The monoisotopic (exact) mass is 334 g/mol. The zero-order valence-electron chi connectivity index (χ0n) is 11.5. The lowest BCUT2D eigenvalue weighted by Gasteiger charge is -2.09. The maximum absolute atomic E-state index is 12.3. The molecule has 1 amide bonds. The first-order valence-electron chi connectivity index (χ1n) is 6.34. The van der Waals surface area contributed by atoms with Crippen molar-refractivity contribution in [2.75, 3.05) is 12.4 Å². The Bertz CT molecular complexity index is 917. The Labute approximate surface area is 134 Å². The summed E-state index contributed by atoms with van der Waals surface area (Å²) in [4.78, 5) is 26.2. The van der Waals surface area contributed by atoms with E-state index in [1.54, 1.807) is 36.4 Å². The van der Waals surface area contributed by atoms with Crippen LogP contribution in [-0.2, 0) is 0 Å². The maximum Gasteiger partial charge on any atom is 0.305 e. The zero-order chi connectivity index (χ0) is 15.7. The SMILES string of the molecule is COc1cc(Cl)ccc1C(=O)Nc1ccc2[nH]c(=O)sc2c1. The second-order valence-corrected chi connectivity index (χ2v) is 5.98. The van der Waals surface area contributed by atoms with Crippen LogP contribution in [0.4, 0.5) is 5.69 Å². The van der Waals surface area contributed by atoms with Gasteiger partial charge in [0.2, 0.25) is 0 Å². The van der Waals surface area contributed by atoms with Crippen molar-refractivity contribution in [3.8, 4) is 5.75 Å². The average molecular weight is 335 g/mol. The van der Waals surface area contributed by atoms with E-state index in [9.17, 15) is 9.59 Å². The van der Waals surface area contributed by atoms with Crippen LogP contribution in [0.15, 0.2) is 41.2 Å². The van der Waals surface area contributed by atoms with Gasteiger partial charge in [0.25, 0.3) is 5.91 Å². The van der Waals surface area contributed by atoms with E-state index in [1.165, 1.54) is 7.11 Å². The number of hydrogen-bond donors (Lipinski definition) is 2. The third-order valence-electron chi connectivity index (χ3n) is 3.09. The molecule has 1 heterocycles. The molecular weight excluding hydrogens is 324 g/mol. The highest BCUT2D eigenvalue weighted by atomic mass is 35.5. The molecule has 1 aromatic heterocycles. The van der Waals surface area contributed by atoms with E-state index in [4.69, 9.17) is 16.3 Å². The molecule has 0 atom stereocenters. The minimum Gasteiger partial charge on any atom is -0.496 e. The van der Waals surface area contributed by atoms with Gasteiger partial charge < -0.3 is 15.0 Å². The molecule has 0 saturated heterocycles. The fourth-order valence-corrected chi connectivity index (χ4v) is 3.01. The molecule has 3 aromatic rings. The Morgan fingerprint density at radius 3 is 2.86 bits per heavy atom. The Kier molecular flexibility index (Phi) is 3.87. The smallest absolute Gasteiger partial charge is 0.305 e. The molecule has 0 radical (unpaired) electrons. The molecule has 0 saturated carbocycles. The highest BCUT2D eigenvalue weighted by Crippen LogP contribution is 2.25. The number of anilines is 1. The van der Waals surface area contributed by atoms with Crippen LogP contribution in [0.3, 0.4) is 0 Å². The minimum absolute atomic E-state index is 0.127. The number of aromatic nitrogens is 1. The Hall–Kier alpha value is -2.31. The minimum atomic E-state index is -0.309. The van der Waals surface area contributed by atoms with Crippen LogP contribution in [0.1, 0.15) is 10.4 Å². The van der Waals surface area contributed by atoms with E-state index >= 15 is 0 Å². The van der Waals surface area contributed by atoms with Gasteiger partial charge in [-0.15, -0.1) is 0 Å². The Morgan fingerprint density at radius 1 is 1.27 bits per heavy atom. The summed E-state index contributed by atoms with van der Waals surface area (Å²) in [6.45, 7) is 0. The Balaban J connectivity index is 1.90. The number of benzene rings is 2. The third kappa shape index (κ3) is 2.84. The van der Waals surface area contributed by atoms with Gasteiger partial charge in [0, 0.05) is 10.7 Å². The fourth-order valence-electron chi connectivity index (χ4n) is 2.07. The van der Waals surface area contributed by atoms with Gasteiger partial charge >= 0.3 is 4.87 Å². The molecule has 112 valence electrons. The van der Waals surface area contributed by atoms with Crippen LogP contribution in [-0.4, -0.2) is 18.0 Å². The highest BCUT2D eigenvalue weighted by Gasteiger charge is 2.13. The van der Waals surface area contributed by atoms with E-state index < -0.39 is 0 Å². The van der Waals surface area contributed by atoms with E-state index in [1.807, 2.05) is 0 Å². The largest absolute Gasteiger partial charge is 0.496 e. The van der Waals surface area contributed by atoms with Crippen molar-refractivity contribution < 1.29 is 9.53 Å². The molecule has 0 fully saturated rings. The fraction of sp³-hybridized carbons (Fsp3) is 0.0667. The number of fused-ring (bicyclic) bond motifs is 1. The molecule has 22 heavy (non-hydrogen) atoms. The van der Waals surface area contributed by atoms with Crippen molar-refractivity contribution in [3.05, 3.63) is 56.7 Å². The summed E-state index contributed by atoms with van der Waals surface area (Å²) in [5.41, 5.74) is 1.73. The molecule has 0 bridgehead atoms. The molecule has 0 aliphatic heterocycles. The van der Waals surface area contributed by atoms with Crippen molar-refractivity contribution >= 4 is 44.7 Å². The number of thiazole rings is 1. The van der Waals surface area contributed by atoms with Crippen molar-refractivity contribution in [1.29, 1.82) is 0 Å². The number of methoxy groups -OCH3 is 1. The summed E-state index contributed by atoms with van der Waals surface area (Å²) in [5.74, 6) is 0.0909. The van der Waals surface area contributed by atoms with Gasteiger partial charge in [-0.3, -0.25) is 9.59 Å². The predicted molar refractivity (Wildman–Crippen MR) is 88.4 cm³/mol. The topological polar surface area (TPSA) is 71.2 Å². The van der Waals surface area contributed by atoms with Gasteiger partial charge in [-0.2, -0.15) is 0 Å². The van der Waals surface area contributed by atoms with Gasteiger partial charge in [-0.25, -0.2) is 0 Å². The molecular formula is C15H11ClN2O3S. The maximum atomic E-state index is 12.3. The van der Waals surface area contributed by atoms with Crippen LogP contribution < -0.4 is 14.9 Å². The van der Waals surface area contributed by atoms with Crippen LogP contribution in [0.25, 0.3) is 10.2 Å². The number of carbonyl (C=O) groups excluding carboxylic acids is 1. The molecule has 0 spiro atoms. The molecule has 5 nitrogen and oxygen atoms in total. The molecule has 3 rings (SSSR count). The van der Waals surface area contributed by atoms with Crippen molar-refractivity contribution in [3.63, 3.8) is 0 Å². The third-order valence-corrected chi connectivity index (χ3v) is 4.17. The lowest BCUT2D eigenvalue weighted by Crippen LogP contribution is -2.13. The van der Waals surface area contributed by atoms with Crippen molar-refractivity contribution in [1.82, 2.24) is 4.98 Å². The predicted octanol–water partition coefficient (Wildman–Crippen LogP) is 3.50. The van der Waals surface area contributed by atoms with Gasteiger partial charge in [0.05, 0.1) is 22.9 Å². The number of amides is 1. The second-order valence-electron chi connectivity index (χ2n) is 4.52. The lowest BCUT2D eigenvalue weighted by molar-refractivity contribution is 0.102. The van der Waals surface area contributed by atoms with E-state index in [-0.39, 0.29) is 10.8 Å². The number of ether oxygens (including phenoxy) is 1. The first-order valence-corrected chi connectivity index (χ1v) is 7.54. The molecule has 0 unspecified atom stereocenters. The summed E-state index contributed by atoms with van der Waals surface area (Å²) < 4.78 is 5.95. The average Bonchev–Trinajstić information content (AvgIpc) is 2.86. The summed E-state index contributed by atoms with van der Waals surface area (Å²) in [5, 5.41) is 3.28. The van der Waals surface area contributed by atoms with Crippen LogP contribution in [0, 0.1) is 0 Å². The van der Waals surface area contributed by atoms with E-state index in [0.29, 0.717) is 22.0 Å². The summed E-state index contributed by atoms with van der Waals surface area (Å²) in [7, 11) is 1.48. The first-order chi connectivity index (χ1) is 10.6. The van der Waals surface area contributed by atoms with Gasteiger partial charge in [0.1, 0.15) is 5.75 Å². The van der Waals surface area contributed by atoms with Crippen LogP contribution in [0.5, 0.6) is 5.75 Å². The molecule has 7 heteroatoms. The quantitative estimate of drug-likeness (QED) is 0.770. The summed E-state index contributed by atoms with van der Waals surface area (Å²) in [6.07, 6.45) is 0.